The normalized spacial score (nSPS) is 16.3. The highest BCUT2D eigenvalue weighted by Crippen LogP contribution is 2.23. The number of rotatable bonds is 4. The molecule has 1 fully saturated rings. The van der Waals surface area contributed by atoms with E-state index in [0.717, 1.165) is 17.0 Å². The molecule has 2 aromatic rings. The average molecular weight is 415 g/mol. The van der Waals surface area contributed by atoms with Crippen molar-refractivity contribution in [2.24, 2.45) is 0 Å². The van der Waals surface area contributed by atoms with Gasteiger partial charge in [-0.25, -0.2) is 12.8 Å². The Hall–Kier alpha value is -1.74. The van der Waals surface area contributed by atoms with Gasteiger partial charge in [-0.3, -0.25) is 4.79 Å². The van der Waals surface area contributed by atoms with Gasteiger partial charge in [0.15, 0.2) is 0 Å². The largest absolute Gasteiger partial charge is 0.337 e. The second kappa shape index (κ2) is 7.87. The van der Waals surface area contributed by atoms with E-state index in [-0.39, 0.29) is 28.9 Å². The van der Waals surface area contributed by atoms with Crippen molar-refractivity contribution in [3.05, 3.63) is 57.5 Å². The van der Waals surface area contributed by atoms with Gasteiger partial charge >= 0.3 is 0 Å². The van der Waals surface area contributed by atoms with Crippen LogP contribution in [0.2, 0.25) is 5.02 Å². The first-order valence-corrected chi connectivity index (χ1v) is 10.5. The molecule has 0 bridgehead atoms. The second-order valence-corrected chi connectivity index (χ2v) is 8.98. The Morgan fingerprint density at radius 2 is 1.92 bits per heavy atom. The van der Waals surface area contributed by atoms with Crippen LogP contribution in [0, 0.1) is 5.82 Å². The molecule has 3 rings (SSSR count). The van der Waals surface area contributed by atoms with Crippen LogP contribution in [0.1, 0.15) is 4.88 Å². The van der Waals surface area contributed by atoms with Gasteiger partial charge in [-0.1, -0.05) is 17.7 Å². The number of carbonyl (C=O) groups excluding carboxylic acids is 1. The fourth-order valence-electron chi connectivity index (χ4n) is 2.58. The lowest BCUT2D eigenvalue weighted by atomic mass is 10.3. The molecule has 1 aromatic heterocycles. The molecule has 0 unspecified atom stereocenters. The number of nitrogens with zero attached hydrogens (tertiary/aromatic N) is 2. The first-order chi connectivity index (χ1) is 12.4. The number of hydrogen-bond donors (Lipinski definition) is 0. The summed E-state index contributed by atoms with van der Waals surface area (Å²) in [6.07, 6.45) is 3.24. The maximum Gasteiger partial charge on any atom is 0.246 e. The van der Waals surface area contributed by atoms with E-state index < -0.39 is 15.8 Å². The second-order valence-electron chi connectivity index (χ2n) is 5.65. The zero-order valence-corrected chi connectivity index (χ0v) is 16.0. The summed E-state index contributed by atoms with van der Waals surface area (Å²) in [5.74, 6) is -0.821. The van der Waals surface area contributed by atoms with Crippen LogP contribution in [0.25, 0.3) is 6.08 Å². The van der Waals surface area contributed by atoms with Gasteiger partial charge in [0.05, 0.1) is 9.92 Å². The van der Waals surface area contributed by atoms with Crippen LogP contribution in [0.5, 0.6) is 0 Å². The number of amides is 1. The molecule has 0 spiro atoms. The molecular weight excluding hydrogens is 399 g/mol. The number of benzene rings is 1. The van der Waals surface area contributed by atoms with Crippen molar-refractivity contribution in [1.82, 2.24) is 9.21 Å². The van der Waals surface area contributed by atoms with Gasteiger partial charge in [0.1, 0.15) is 5.82 Å². The van der Waals surface area contributed by atoms with E-state index in [1.165, 1.54) is 27.8 Å². The minimum Gasteiger partial charge on any atom is -0.337 e. The van der Waals surface area contributed by atoms with Gasteiger partial charge in [0.2, 0.25) is 15.9 Å². The summed E-state index contributed by atoms with van der Waals surface area (Å²) >= 11 is 7.22. The van der Waals surface area contributed by atoms with Crippen molar-refractivity contribution >= 4 is 44.9 Å². The molecule has 0 radical (unpaired) electrons. The Morgan fingerprint density at radius 3 is 2.54 bits per heavy atom. The van der Waals surface area contributed by atoms with Crippen molar-refractivity contribution in [3.63, 3.8) is 0 Å². The highest BCUT2D eigenvalue weighted by molar-refractivity contribution is 7.89. The lowest BCUT2D eigenvalue weighted by Gasteiger charge is -2.33. The molecule has 1 aliphatic rings. The highest BCUT2D eigenvalue weighted by atomic mass is 35.5. The van der Waals surface area contributed by atoms with Crippen LogP contribution in [-0.2, 0) is 14.8 Å². The van der Waals surface area contributed by atoms with Crippen LogP contribution in [-0.4, -0.2) is 49.7 Å². The van der Waals surface area contributed by atoms with Crippen molar-refractivity contribution < 1.29 is 17.6 Å². The predicted octanol–water partition coefficient (Wildman–Crippen LogP) is 3.09. The molecule has 2 heterocycles. The van der Waals surface area contributed by atoms with Crippen LogP contribution in [0.15, 0.2) is 46.7 Å². The Morgan fingerprint density at radius 1 is 1.19 bits per heavy atom. The third kappa shape index (κ3) is 4.15. The number of thiophene rings is 1. The Balaban J connectivity index is 1.64. The maximum atomic E-state index is 13.3. The molecule has 1 aromatic carbocycles. The summed E-state index contributed by atoms with van der Waals surface area (Å²) in [5, 5.41) is 1.69. The lowest BCUT2D eigenvalue weighted by molar-refractivity contribution is -0.127. The van der Waals surface area contributed by atoms with E-state index in [9.17, 15) is 17.6 Å². The molecule has 0 aliphatic carbocycles. The number of hydrogen-bond acceptors (Lipinski definition) is 4. The van der Waals surface area contributed by atoms with E-state index in [2.05, 4.69) is 0 Å². The molecule has 0 N–H and O–H groups in total. The van der Waals surface area contributed by atoms with Crippen LogP contribution < -0.4 is 0 Å². The van der Waals surface area contributed by atoms with E-state index in [1.807, 2.05) is 17.5 Å². The van der Waals surface area contributed by atoms with Crippen molar-refractivity contribution in [2.45, 2.75) is 4.90 Å². The minimum atomic E-state index is -3.77. The van der Waals surface area contributed by atoms with E-state index in [4.69, 9.17) is 11.6 Å². The molecule has 9 heteroatoms. The fourth-order valence-corrected chi connectivity index (χ4v) is 4.89. The Labute approximate surface area is 160 Å². The topological polar surface area (TPSA) is 57.7 Å². The summed E-state index contributed by atoms with van der Waals surface area (Å²) < 4.78 is 39.8. The van der Waals surface area contributed by atoms with E-state index in [1.54, 1.807) is 11.0 Å². The lowest BCUT2D eigenvalue weighted by Crippen LogP contribution is -2.50. The number of carbonyl (C=O) groups is 1. The first-order valence-electron chi connectivity index (χ1n) is 7.83. The van der Waals surface area contributed by atoms with Gasteiger partial charge in [-0.05, 0) is 35.7 Å². The van der Waals surface area contributed by atoms with Crippen LogP contribution in [0.4, 0.5) is 4.39 Å². The fraction of sp³-hybridized carbons (Fsp3) is 0.235. The first kappa shape index (κ1) is 19.0. The highest BCUT2D eigenvalue weighted by Gasteiger charge is 2.30. The van der Waals surface area contributed by atoms with Gasteiger partial charge in [0.25, 0.3) is 0 Å². The molecule has 0 saturated carbocycles. The summed E-state index contributed by atoms with van der Waals surface area (Å²) in [5.41, 5.74) is 0. The zero-order chi connectivity index (χ0) is 18.7. The van der Waals surface area contributed by atoms with E-state index in [0.29, 0.717) is 13.1 Å². The Kier molecular flexibility index (Phi) is 5.76. The molecule has 0 atom stereocenters. The van der Waals surface area contributed by atoms with Crippen molar-refractivity contribution in [1.29, 1.82) is 0 Å². The van der Waals surface area contributed by atoms with Gasteiger partial charge in [-0.2, -0.15) is 4.31 Å². The molecule has 1 saturated heterocycles. The Bertz CT molecular complexity index is 921. The number of halogens is 2. The summed E-state index contributed by atoms with van der Waals surface area (Å²) in [6, 6.07) is 7.14. The molecule has 1 aliphatic heterocycles. The summed E-state index contributed by atoms with van der Waals surface area (Å²) in [4.78, 5) is 14.7. The number of piperazine rings is 1. The molecule has 138 valence electrons. The molecule has 26 heavy (non-hydrogen) atoms. The third-order valence-electron chi connectivity index (χ3n) is 4.01. The van der Waals surface area contributed by atoms with Gasteiger partial charge < -0.3 is 4.90 Å². The molecular formula is C17H16ClFN2O3S2. The van der Waals surface area contributed by atoms with Crippen LogP contribution >= 0.6 is 22.9 Å². The zero-order valence-electron chi connectivity index (χ0n) is 13.6. The van der Waals surface area contributed by atoms with Crippen molar-refractivity contribution in [3.8, 4) is 0 Å². The standard InChI is InChI=1S/C17H16ClFN2O3S2/c18-15-12-14(4-5-16(15)19)26(23,24)21-9-7-20(8-10-21)17(22)6-3-13-2-1-11-25-13/h1-6,11-12H,7-10H2/b6-3+. The monoisotopic (exact) mass is 414 g/mol. The average Bonchev–Trinajstić information content (AvgIpc) is 3.15. The van der Waals surface area contributed by atoms with Gasteiger partial charge in [0, 0.05) is 37.1 Å². The molecule has 5 nitrogen and oxygen atoms in total. The minimum absolute atomic E-state index is 0.0544. The predicted molar refractivity (Wildman–Crippen MR) is 100 cm³/mol. The maximum absolute atomic E-state index is 13.3. The van der Waals surface area contributed by atoms with Crippen LogP contribution in [0.3, 0.4) is 0 Å². The third-order valence-corrected chi connectivity index (χ3v) is 7.03. The molecule has 1 amide bonds. The SMILES string of the molecule is O=C(/C=C/c1cccs1)N1CCN(S(=O)(=O)c2ccc(F)c(Cl)c2)CC1. The quantitative estimate of drug-likeness (QED) is 0.722. The van der Waals surface area contributed by atoms with Crippen molar-refractivity contribution in [2.75, 3.05) is 26.2 Å². The summed E-state index contributed by atoms with van der Waals surface area (Å²) in [7, 11) is -3.77. The van der Waals surface area contributed by atoms with Gasteiger partial charge in [-0.15, -0.1) is 11.3 Å². The van der Waals surface area contributed by atoms with E-state index >= 15 is 0 Å². The number of sulfonamides is 1. The summed E-state index contributed by atoms with van der Waals surface area (Å²) in [6.45, 7) is 0.940. The smallest absolute Gasteiger partial charge is 0.246 e.